The van der Waals surface area contributed by atoms with Crippen LogP contribution in [-0.4, -0.2) is 10.4 Å². The summed E-state index contributed by atoms with van der Waals surface area (Å²) in [5.74, 6) is 1.39. The molecule has 0 amide bonds. The number of nitrogens with zero attached hydrogens (tertiary/aromatic N) is 1. The topological polar surface area (TPSA) is 50.9 Å². The van der Waals surface area contributed by atoms with Gasteiger partial charge in [-0.2, -0.15) is 4.37 Å². The Morgan fingerprint density at radius 2 is 2.06 bits per heavy atom. The lowest BCUT2D eigenvalue weighted by atomic mass is 10.1. The average Bonchev–Trinajstić information content (AvgIpc) is 2.90. The van der Waals surface area contributed by atoms with Gasteiger partial charge in [0.25, 0.3) is 0 Å². The number of nitrogens with two attached hydrogens (primary N) is 1. The predicted octanol–water partition coefficient (Wildman–Crippen LogP) is 3.21. The molecule has 1 fully saturated rings. The van der Waals surface area contributed by atoms with Crippen LogP contribution in [-0.2, 0) is 0 Å². The Hall–Kier alpha value is -1.55. The molecule has 2 atom stereocenters. The molecule has 0 bridgehead atoms. The number of benzene rings is 1. The van der Waals surface area contributed by atoms with Crippen LogP contribution in [0.25, 0.3) is 11.1 Å². The van der Waals surface area contributed by atoms with E-state index in [2.05, 4.69) is 28.7 Å². The lowest BCUT2D eigenvalue weighted by Crippen LogP contribution is -2.03. The molecule has 1 aliphatic rings. The first kappa shape index (κ1) is 10.6. The molecule has 2 unspecified atom stereocenters. The zero-order chi connectivity index (χ0) is 11.8. The second-order valence-electron chi connectivity index (χ2n) is 4.60. The van der Waals surface area contributed by atoms with Crippen LogP contribution in [0.3, 0.4) is 0 Å². The van der Waals surface area contributed by atoms with Crippen LogP contribution >= 0.6 is 11.5 Å². The molecule has 3 nitrogen and oxygen atoms in total. The SMILES string of the molecule is CC1CC1Nc1snc(N)c1-c1ccccc1. The van der Waals surface area contributed by atoms with Gasteiger partial charge in [0, 0.05) is 6.04 Å². The maximum atomic E-state index is 5.96. The molecule has 1 heterocycles. The summed E-state index contributed by atoms with van der Waals surface area (Å²) in [6.45, 7) is 2.25. The van der Waals surface area contributed by atoms with E-state index in [4.69, 9.17) is 5.73 Å². The van der Waals surface area contributed by atoms with Gasteiger partial charge in [0.1, 0.15) is 10.8 Å². The van der Waals surface area contributed by atoms with Gasteiger partial charge < -0.3 is 11.1 Å². The van der Waals surface area contributed by atoms with Crippen LogP contribution in [0.5, 0.6) is 0 Å². The fraction of sp³-hybridized carbons (Fsp3) is 0.308. The number of rotatable bonds is 3. The van der Waals surface area contributed by atoms with Crippen LogP contribution in [0.2, 0.25) is 0 Å². The summed E-state index contributed by atoms with van der Waals surface area (Å²) in [6.07, 6.45) is 1.24. The zero-order valence-corrected chi connectivity index (χ0v) is 10.5. The first-order chi connectivity index (χ1) is 8.25. The maximum Gasteiger partial charge on any atom is 0.147 e. The Morgan fingerprint density at radius 1 is 1.35 bits per heavy atom. The molecule has 1 saturated carbocycles. The minimum Gasteiger partial charge on any atom is -0.382 e. The van der Waals surface area contributed by atoms with Crippen molar-refractivity contribution < 1.29 is 0 Å². The van der Waals surface area contributed by atoms with Crippen molar-refractivity contribution in [1.29, 1.82) is 0 Å². The number of hydrogen-bond acceptors (Lipinski definition) is 4. The molecule has 3 N–H and O–H groups in total. The fourth-order valence-corrected chi connectivity index (χ4v) is 2.77. The molecular formula is C13H15N3S. The van der Waals surface area contributed by atoms with Gasteiger partial charge in [-0.3, -0.25) is 0 Å². The van der Waals surface area contributed by atoms with Gasteiger partial charge in [-0.15, -0.1) is 0 Å². The summed E-state index contributed by atoms with van der Waals surface area (Å²) in [5, 5.41) is 4.63. The van der Waals surface area contributed by atoms with Crippen LogP contribution in [0, 0.1) is 5.92 Å². The Bertz CT molecular complexity index is 521. The molecule has 1 aromatic heterocycles. The highest BCUT2D eigenvalue weighted by atomic mass is 32.1. The zero-order valence-electron chi connectivity index (χ0n) is 9.68. The van der Waals surface area contributed by atoms with E-state index in [1.165, 1.54) is 18.0 Å². The largest absolute Gasteiger partial charge is 0.382 e. The summed E-state index contributed by atoms with van der Waals surface area (Å²) in [6, 6.07) is 10.8. The molecule has 17 heavy (non-hydrogen) atoms. The van der Waals surface area contributed by atoms with Gasteiger partial charge in [0.15, 0.2) is 0 Å². The van der Waals surface area contributed by atoms with Crippen molar-refractivity contribution in [3.8, 4) is 11.1 Å². The molecule has 3 rings (SSSR count). The summed E-state index contributed by atoms with van der Waals surface area (Å²) in [7, 11) is 0. The lowest BCUT2D eigenvalue weighted by Gasteiger charge is -2.06. The Labute approximate surface area is 105 Å². The maximum absolute atomic E-state index is 5.96. The van der Waals surface area contributed by atoms with Crippen molar-refractivity contribution in [2.75, 3.05) is 11.1 Å². The molecule has 0 saturated heterocycles. The minimum absolute atomic E-state index is 0.595. The normalized spacial score (nSPS) is 22.4. The van der Waals surface area contributed by atoms with Crippen LogP contribution in [0.15, 0.2) is 30.3 Å². The van der Waals surface area contributed by atoms with E-state index in [9.17, 15) is 0 Å². The average molecular weight is 245 g/mol. The van der Waals surface area contributed by atoms with Gasteiger partial charge in [-0.1, -0.05) is 37.3 Å². The molecule has 1 aromatic carbocycles. The third kappa shape index (κ3) is 2.00. The monoisotopic (exact) mass is 245 g/mol. The number of anilines is 2. The van der Waals surface area contributed by atoms with Crippen molar-refractivity contribution >= 4 is 22.4 Å². The van der Waals surface area contributed by atoms with Gasteiger partial charge in [-0.25, -0.2) is 0 Å². The number of aromatic nitrogens is 1. The van der Waals surface area contributed by atoms with E-state index < -0.39 is 0 Å². The molecule has 0 aliphatic heterocycles. The summed E-state index contributed by atoms with van der Waals surface area (Å²) < 4.78 is 4.26. The van der Waals surface area contributed by atoms with E-state index in [0.29, 0.717) is 11.9 Å². The highest BCUT2D eigenvalue weighted by Gasteiger charge is 2.33. The smallest absolute Gasteiger partial charge is 0.147 e. The Kier molecular flexibility index (Phi) is 2.52. The third-order valence-electron chi connectivity index (χ3n) is 3.21. The van der Waals surface area contributed by atoms with E-state index in [0.717, 1.165) is 22.0 Å². The molecule has 4 heteroatoms. The summed E-state index contributed by atoms with van der Waals surface area (Å²) in [5.41, 5.74) is 8.15. The third-order valence-corrected chi connectivity index (χ3v) is 4.00. The number of nitrogen functional groups attached to an aromatic ring is 1. The fourth-order valence-electron chi connectivity index (χ4n) is 1.98. The van der Waals surface area contributed by atoms with Crippen LogP contribution in [0.1, 0.15) is 13.3 Å². The number of hydrogen-bond donors (Lipinski definition) is 2. The first-order valence-electron chi connectivity index (χ1n) is 5.83. The molecule has 88 valence electrons. The van der Waals surface area contributed by atoms with Crippen molar-refractivity contribution in [3.05, 3.63) is 30.3 Å². The standard InChI is InChI=1S/C13H15N3S/c1-8-7-10(8)15-13-11(12(14)16-17-13)9-5-3-2-4-6-9/h2-6,8,10,15H,7H2,1H3,(H2,14,16). The van der Waals surface area contributed by atoms with Gasteiger partial charge in [0.2, 0.25) is 0 Å². The quantitative estimate of drug-likeness (QED) is 0.873. The summed E-state index contributed by atoms with van der Waals surface area (Å²) >= 11 is 1.46. The van der Waals surface area contributed by atoms with E-state index in [1.54, 1.807) is 0 Å². The molecule has 0 spiro atoms. The minimum atomic E-state index is 0.595. The second kappa shape index (κ2) is 4.04. The predicted molar refractivity (Wildman–Crippen MR) is 73.2 cm³/mol. The Morgan fingerprint density at radius 3 is 2.71 bits per heavy atom. The van der Waals surface area contributed by atoms with Crippen molar-refractivity contribution in [2.24, 2.45) is 5.92 Å². The van der Waals surface area contributed by atoms with Gasteiger partial charge in [0.05, 0.1) is 5.56 Å². The van der Waals surface area contributed by atoms with Crippen LogP contribution < -0.4 is 11.1 Å². The van der Waals surface area contributed by atoms with Gasteiger partial charge >= 0.3 is 0 Å². The summed E-state index contributed by atoms with van der Waals surface area (Å²) in [4.78, 5) is 0. The molecular weight excluding hydrogens is 230 g/mol. The highest BCUT2D eigenvalue weighted by molar-refractivity contribution is 7.11. The first-order valence-corrected chi connectivity index (χ1v) is 6.60. The van der Waals surface area contributed by atoms with E-state index in [-0.39, 0.29) is 0 Å². The molecule has 1 aliphatic carbocycles. The van der Waals surface area contributed by atoms with Crippen molar-refractivity contribution in [3.63, 3.8) is 0 Å². The second-order valence-corrected chi connectivity index (χ2v) is 5.38. The van der Waals surface area contributed by atoms with Crippen molar-refractivity contribution in [1.82, 2.24) is 4.37 Å². The molecule has 0 radical (unpaired) electrons. The van der Waals surface area contributed by atoms with Crippen molar-refractivity contribution in [2.45, 2.75) is 19.4 Å². The van der Waals surface area contributed by atoms with E-state index in [1.807, 2.05) is 18.2 Å². The number of nitrogens with one attached hydrogen (secondary N) is 1. The van der Waals surface area contributed by atoms with Gasteiger partial charge in [-0.05, 0) is 29.4 Å². The lowest BCUT2D eigenvalue weighted by molar-refractivity contribution is 0.932. The Balaban J connectivity index is 1.95. The molecule has 2 aromatic rings. The van der Waals surface area contributed by atoms with E-state index >= 15 is 0 Å². The highest BCUT2D eigenvalue weighted by Crippen LogP contribution is 2.41. The van der Waals surface area contributed by atoms with Crippen LogP contribution in [0.4, 0.5) is 10.8 Å².